The summed E-state index contributed by atoms with van der Waals surface area (Å²) in [6.45, 7) is 7.78. The van der Waals surface area contributed by atoms with Crippen LogP contribution in [0.3, 0.4) is 0 Å². The zero-order valence-corrected chi connectivity index (χ0v) is 20.2. The van der Waals surface area contributed by atoms with Gasteiger partial charge in [-0.25, -0.2) is 9.20 Å². The Morgan fingerprint density at radius 3 is 2.38 bits per heavy atom. The van der Waals surface area contributed by atoms with Crippen LogP contribution in [0.25, 0.3) is 16.8 Å². The molecule has 0 bridgehead atoms. The van der Waals surface area contributed by atoms with Crippen LogP contribution in [0.15, 0.2) is 35.1 Å². The number of amides is 1. The molecular weight excluding hydrogens is 428 g/mol. The second-order valence-electron chi connectivity index (χ2n) is 9.60. The molecule has 8 nitrogen and oxygen atoms in total. The van der Waals surface area contributed by atoms with Crippen molar-refractivity contribution in [2.24, 2.45) is 0 Å². The average Bonchev–Trinajstić information content (AvgIpc) is 3.34. The van der Waals surface area contributed by atoms with Gasteiger partial charge in [0.25, 0.3) is 5.56 Å². The molecule has 2 aliphatic rings. The first-order chi connectivity index (χ1) is 16.5. The minimum absolute atomic E-state index is 0.0315. The minimum atomic E-state index is -0.286. The van der Waals surface area contributed by atoms with Crippen LogP contribution in [0.2, 0.25) is 0 Å². The molecule has 3 aromatic rings. The Kier molecular flexibility index (Phi) is 6.50. The molecule has 2 saturated heterocycles. The van der Waals surface area contributed by atoms with E-state index >= 15 is 0 Å². The van der Waals surface area contributed by atoms with Gasteiger partial charge in [-0.3, -0.25) is 9.59 Å². The van der Waals surface area contributed by atoms with Gasteiger partial charge in [0.2, 0.25) is 5.91 Å². The maximum Gasteiger partial charge on any atom is 0.293 e. The lowest BCUT2D eigenvalue weighted by Gasteiger charge is -2.40. The number of hydrogen-bond acceptors (Lipinski definition) is 5. The zero-order chi connectivity index (χ0) is 23.7. The van der Waals surface area contributed by atoms with E-state index < -0.39 is 0 Å². The maximum absolute atomic E-state index is 13.2. The van der Waals surface area contributed by atoms with Gasteiger partial charge in [-0.1, -0.05) is 37.6 Å². The van der Waals surface area contributed by atoms with E-state index in [1.54, 1.807) is 10.6 Å². The van der Waals surface area contributed by atoms with E-state index in [1.165, 1.54) is 42.6 Å². The van der Waals surface area contributed by atoms with Crippen LogP contribution >= 0.6 is 0 Å². The molecule has 34 heavy (non-hydrogen) atoms. The predicted octanol–water partition coefficient (Wildman–Crippen LogP) is 2.91. The third-order valence-corrected chi connectivity index (χ3v) is 7.40. The van der Waals surface area contributed by atoms with E-state index in [4.69, 9.17) is 0 Å². The number of carbonyl (C=O) groups excluding carboxylic acids is 1. The molecule has 1 aromatic carbocycles. The number of carbonyl (C=O) groups is 1. The molecule has 5 rings (SSSR count). The van der Waals surface area contributed by atoms with Crippen LogP contribution in [0, 0.1) is 6.92 Å². The van der Waals surface area contributed by atoms with E-state index in [9.17, 15) is 9.59 Å². The SMILES string of the molecule is CCc1ccc(-c2cc3c(=O)n(CC(=O)N4CCC(N5CCCCC5)CC4)nc(C)n3n2)cc1. The molecule has 2 aliphatic heterocycles. The molecule has 2 aromatic heterocycles. The first-order valence-corrected chi connectivity index (χ1v) is 12.6. The molecule has 0 aliphatic carbocycles. The van der Waals surface area contributed by atoms with Crippen LogP contribution < -0.4 is 5.56 Å². The van der Waals surface area contributed by atoms with Gasteiger partial charge in [0.1, 0.15) is 17.9 Å². The Bertz CT molecular complexity index is 1210. The van der Waals surface area contributed by atoms with E-state index in [-0.39, 0.29) is 18.0 Å². The van der Waals surface area contributed by atoms with Gasteiger partial charge in [0, 0.05) is 24.7 Å². The highest BCUT2D eigenvalue weighted by Crippen LogP contribution is 2.22. The van der Waals surface area contributed by atoms with Crippen LogP contribution in [-0.2, 0) is 17.8 Å². The molecule has 0 spiro atoms. The number of rotatable bonds is 5. The standard InChI is InChI=1S/C26H34N6O2/c1-3-20-7-9-21(10-8-20)23-17-24-26(34)31(27-19(2)32(24)28-23)18-25(33)30-15-11-22(12-16-30)29-13-5-4-6-14-29/h7-10,17,22H,3-6,11-16,18H2,1-2H3. The van der Waals surface area contributed by atoms with Gasteiger partial charge in [-0.15, -0.1) is 0 Å². The molecule has 0 N–H and O–H groups in total. The molecule has 0 unspecified atom stereocenters. The van der Waals surface area contributed by atoms with Crippen molar-refractivity contribution >= 4 is 11.4 Å². The predicted molar refractivity (Wildman–Crippen MR) is 132 cm³/mol. The van der Waals surface area contributed by atoms with Crippen molar-refractivity contribution in [1.29, 1.82) is 0 Å². The number of hydrogen-bond donors (Lipinski definition) is 0. The first kappa shape index (κ1) is 22.8. The zero-order valence-electron chi connectivity index (χ0n) is 20.2. The third-order valence-electron chi connectivity index (χ3n) is 7.40. The summed E-state index contributed by atoms with van der Waals surface area (Å²) >= 11 is 0. The van der Waals surface area contributed by atoms with Crippen molar-refractivity contribution < 1.29 is 4.79 Å². The molecule has 180 valence electrons. The summed E-state index contributed by atoms with van der Waals surface area (Å²) in [5.41, 5.74) is 3.10. The summed E-state index contributed by atoms with van der Waals surface area (Å²) < 4.78 is 2.88. The highest BCUT2D eigenvalue weighted by atomic mass is 16.2. The fraction of sp³-hybridized carbons (Fsp3) is 0.538. The van der Waals surface area contributed by atoms with Gasteiger partial charge in [-0.05, 0) is 63.7 Å². The number of likely N-dealkylation sites (tertiary alicyclic amines) is 2. The van der Waals surface area contributed by atoms with Crippen molar-refractivity contribution in [3.8, 4) is 11.3 Å². The molecule has 0 radical (unpaired) electrons. The van der Waals surface area contributed by atoms with Crippen LogP contribution in [0.4, 0.5) is 0 Å². The van der Waals surface area contributed by atoms with Crippen LogP contribution in [0.1, 0.15) is 50.4 Å². The largest absolute Gasteiger partial charge is 0.341 e. The second kappa shape index (κ2) is 9.70. The van der Waals surface area contributed by atoms with Gasteiger partial charge in [-0.2, -0.15) is 10.2 Å². The van der Waals surface area contributed by atoms with Crippen molar-refractivity contribution in [2.75, 3.05) is 26.2 Å². The molecule has 0 atom stereocenters. The highest BCUT2D eigenvalue weighted by Gasteiger charge is 2.28. The van der Waals surface area contributed by atoms with Crippen LogP contribution in [0.5, 0.6) is 0 Å². The Morgan fingerprint density at radius 2 is 1.71 bits per heavy atom. The van der Waals surface area contributed by atoms with Crippen molar-refractivity contribution in [1.82, 2.24) is 29.2 Å². The summed E-state index contributed by atoms with van der Waals surface area (Å²) in [7, 11) is 0. The van der Waals surface area contributed by atoms with Gasteiger partial charge < -0.3 is 9.80 Å². The van der Waals surface area contributed by atoms with E-state index in [0.29, 0.717) is 17.4 Å². The molecule has 2 fully saturated rings. The Balaban J connectivity index is 1.30. The summed E-state index contributed by atoms with van der Waals surface area (Å²) in [4.78, 5) is 30.7. The quantitative estimate of drug-likeness (QED) is 0.583. The normalized spacial score (nSPS) is 18.0. The summed E-state index contributed by atoms with van der Waals surface area (Å²) in [5, 5.41) is 9.01. The summed E-state index contributed by atoms with van der Waals surface area (Å²) in [6.07, 6.45) is 6.90. The third kappa shape index (κ3) is 4.51. The summed E-state index contributed by atoms with van der Waals surface area (Å²) in [6, 6.07) is 10.6. The Labute approximate surface area is 200 Å². The number of aromatic nitrogens is 4. The minimum Gasteiger partial charge on any atom is -0.341 e. The number of nitrogens with zero attached hydrogens (tertiary/aromatic N) is 6. The van der Waals surface area contributed by atoms with E-state index in [1.807, 2.05) is 24.0 Å². The fourth-order valence-electron chi connectivity index (χ4n) is 5.33. The lowest BCUT2D eigenvalue weighted by atomic mass is 10.00. The highest BCUT2D eigenvalue weighted by molar-refractivity contribution is 5.76. The molecule has 8 heteroatoms. The monoisotopic (exact) mass is 462 g/mol. The van der Waals surface area contributed by atoms with E-state index in [2.05, 4.69) is 34.2 Å². The van der Waals surface area contributed by atoms with Crippen molar-refractivity contribution in [2.45, 2.75) is 65.0 Å². The van der Waals surface area contributed by atoms with Crippen molar-refractivity contribution in [3.63, 3.8) is 0 Å². The van der Waals surface area contributed by atoms with Gasteiger partial charge >= 0.3 is 0 Å². The number of aryl methyl sites for hydroxylation is 2. The van der Waals surface area contributed by atoms with Gasteiger partial charge in [0.15, 0.2) is 0 Å². The number of fused-ring (bicyclic) bond motifs is 1. The lowest BCUT2D eigenvalue weighted by Crippen LogP contribution is -2.49. The van der Waals surface area contributed by atoms with Crippen molar-refractivity contribution in [3.05, 3.63) is 52.1 Å². The lowest BCUT2D eigenvalue weighted by molar-refractivity contribution is -0.133. The first-order valence-electron chi connectivity index (χ1n) is 12.6. The molecular formula is C26H34N6O2. The Morgan fingerprint density at radius 1 is 1.00 bits per heavy atom. The van der Waals surface area contributed by atoms with E-state index in [0.717, 1.165) is 43.6 Å². The second-order valence-corrected chi connectivity index (χ2v) is 9.60. The topological polar surface area (TPSA) is 75.7 Å². The average molecular weight is 463 g/mol. The summed E-state index contributed by atoms with van der Waals surface area (Å²) in [5.74, 6) is 0.549. The Hall–Kier alpha value is -3.00. The molecule has 4 heterocycles. The smallest absolute Gasteiger partial charge is 0.293 e. The fourth-order valence-corrected chi connectivity index (χ4v) is 5.33. The number of piperidine rings is 2. The van der Waals surface area contributed by atoms with Crippen LogP contribution in [-0.4, -0.2) is 67.3 Å². The molecule has 0 saturated carbocycles. The molecule has 1 amide bonds. The van der Waals surface area contributed by atoms with Gasteiger partial charge in [0.05, 0.1) is 5.69 Å². The maximum atomic E-state index is 13.2. The number of benzene rings is 1.